The first-order chi connectivity index (χ1) is 8.83. The summed E-state index contributed by atoms with van der Waals surface area (Å²) in [5, 5.41) is 13.7. The number of aromatic nitrogens is 4. The van der Waals surface area contributed by atoms with Gasteiger partial charge >= 0.3 is 0 Å². The molecule has 0 fully saturated rings. The number of benzene rings is 1. The van der Waals surface area contributed by atoms with Crippen molar-refractivity contribution in [2.75, 3.05) is 13.1 Å². The lowest BCUT2D eigenvalue weighted by atomic mass is 10.1. The Morgan fingerprint density at radius 2 is 2.16 bits per heavy atom. The van der Waals surface area contributed by atoms with E-state index in [1.807, 2.05) is 6.07 Å². The second-order valence-corrected chi connectivity index (χ2v) is 3.67. The number of tetrazole rings is 1. The van der Waals surface area contributed by atoms with E-state index in [0.717, 1.165) is 6.42 Å². The van der Waals surface area contributed by atoms with E-state index >= 15 is 0 Å². The lowest BCUT2D eigenvalue weighted by molar-refractivity contribution is 0.0953. The van der Waals surface area contributed by atoms with Gasteiger partial charge in [-0.1, -0.05) is 12.1 Å². The van der Waals surface area contributed by atoms with Gasteiger partial charge < -0.3 is 11.1 Å². The van der Waals surface area contributed by atoms with E-state index in [1.54, 1.807) is 18.2 Å². The first kappa shape index (κ1) is 15.1. The monoisotopic (exact) mass is 282 g/mol. The van der Waals surface area contributed by atoms with Crippen molar-refractivity contribution in [2.45, 2.75) is 6.42 Å². The van der Waals surface area contributed by atoms with Crippen LogP contribution in [-0.4, -0.2) is 39.2 Å². The van der Waals surface area contributed by atoms with Gasteiger partial charge in [0, 0.05) is 6.54 Å². The summed E-state index contributed by atoms with van der Waals surface area (Å²) in [7, 11) is 0. The number of hydrogen-bond donors (Lipinski definition) is 2. The Labute approximate surface area is 116 Å². The van der Waals surface area contributed by atoms with E-state index in [4.69, 9.17) is 5.73 Å². The smallest absolute Gasteiger partial charge is 0.253 e. The molecule has 0 aliphatic rings. The molecule has 0 aliphatic carbocycles. The van der Waals surface area contributed by atoms with Crippen molar-refractivity contribution in [3.05, 3.63) is 36.2 Å². The zero-order valence-corrected chi connectivity index (χ0v) is 11.0. The zero-order valence-electron chi connectivity index (χ0n) is 10.2. The molecule has 0 bridgehead atoms. The van der Waals surface area contributed by atoms with Crippen LogP contribution in [0.15, 0.2) is 30.6 Å². The van der Waals surface area contributed by atoms with Crippen LogP contribution in [0.2, 0.25) is 0 Å². The molecule has 102 valence electrons. The Hall–Kier alpha value is -1.99. The SMILES string of the molecule is Cl.NCCCNC(=O)c1ccccc1-n1cnnn1. The molecule has 0 atom stereocenters. The van der Waals surface area contributed by atoms with Crippen LogP contribution < -0.4 is 11.1 Å². The Balaban J connectivity index is 0.00000180. The number of rotatable bonds is 5. The van der Waals surface area contributed by atoms with Crippen molar-refractivity contribution in [1.82, 2.24) is 25.5 Å². The molecule has 2 rings (SSSR count). The van der Waals surface area contributed by atoms with Crippen LogP contribution in [0.3, 0.4) is 0 Å². The average molecular weight is 283 g/mol. The first-order valence-corrected chi connectivity index (χ1v) is 5.63. The zero-order chi connectivity index (χ0) is 12.8. The third kappa shape index (κ3) is 3.73. The van der Waals surface area contributed by atoms with Gasteiger partial charge in [-0.2, -0.15) is 4.68 Å². The summed E-state index contributed by atoms with van der Waals surface area (Å²) in [4.78, 5) is 12.0. The molecule has 7 nitrogen and oxygen atoms in total. The fraction of sp³-hybridized carbons (Fsp3) is 0.273. The molecule has 0 spiro atoms. The van der Waals surface area contributed by atoms with E-state index in [1.165, 1.54) is 11.0 Å². The quantitative estimate of drug-likeness (QED) is 0.761. The molecule has 1 aromatic carbocycles. The topological polar surface area (TPSA) is 98.7 Å². The number of hydrogen-bond acceptors (Lipinski definition) is 5. The fourth-order valence-corrected chi connectivity index (χ4v) is 1.54. The predicted molar refractivity (Wildman–Crippen MR) is 72.4 cm³/mol. The molecule has 0 saturated carbocycles. The Bertz CT molecular complexity index is 516. The van der Waals surface area contributed by atoms with Gasteiger partial charge in [-0.15, -0.1) is 17.5 Å². The van der Waals surface area contributed by atoms with E-state index in [9.17, 15) is 4.79 Å². The highest BCUT2D eigenvalue weighted by Gasteiger charge is 2.12. The van der Waals surface area contributed by atoms with Crippen molar-refractivity contribution < 1.29 is 4.79 Å². The van der Waals surface area contributed by atoms with Crippen molar-refractivity contribution in [3.8, 4) is 5.69 Å². The summed E-state index contributed by atoms with van der Waals surface area (Å²) in [6, 6.07) is 7.14. The van der Waals surface area contributed by atoms with Crippen LogP contribution in [-0.2, 0) is 0 Å². The first-order valence-electron chi connectivity index (χ1n) is 5.63. The predicted octanol–water partition coefficient (Wildman–Crippen LogP) is 0.163. The molecule has 0 radical (unpaired) electrons. The summed E-state index contributed by atoms with van der Waals surface area (Å²) in [5.41, 5.74) is 6.55. The van der Waals surface area contributed by atoms with Gasteiger partial charge in [0.05, 0.1) is 11.3 Å². The molecule has 1 amide bonds. The van der Waals surface area contributed by atoms with Crippen LogP contribution in [0.4, 0.5) is 0 Å². The molecule has 2 aromatic rings. The van der Waals surface area contributed by atoms with Crippen molar-refractivity contribution in [1.29, 1.82) is 0 Å². The molecular formula is C11H15ClN6O. The molecule has 0 aliphatic heterocycles. The molecular weight excluding hydrogens is 268 g/mol. The van der Waals surface area contributed by atoms with E-state index in [0.29, 0.717) is 24.3 Å². The minimum absolute atomic E-state index is 0. The van der Waals surface area contributed by atoms with Gasteiger partial charge in [0.2, 0.25) is 0 Å². The highest BCUT2D eigenvalue weighted by atomic mass is 35.5. The summed E-state index contributed by atoms with van der Waals surface area (Å²) >= 11 is 0. The largest absolute Gasteiger partial charge is 0.352 e. The van der Waals surface area contributed by atoms with E-state index < -0.39 is 0 Å². The Morgan fingerprint density at radius 1 is 1.37 bits per heavy atom. The maximum absolute atomic E-state index is 12.0. The fourth-order valence-electron chi connectivity index (χ4n) is 1.54. The molecule has 8 heteroatoms. The number of nitrogens with one attached hydrogen (secondary N) is 1. The number of amides is 1. The molecule has 3 N–H and O–H groups in total. The van der Waals surface area contributed by atoms with Crippen LogP contribution in [0.1, 0.15) is 16.8 Å². The standard InChI is InChI=1S/C11H14N6O.ClH/c12-6-3-7-13-11(18)9-4-1-2-5-10(9)17-8-14-15-16-17;/h1-2,4-5,8H,3,6-7,12H2,(H,13,18);1H. The summed E-state index contributed by atoms with van der Waals surface area (Å²) < 4.78 is 1.46. The highest BCUT2D eigenvalue weighted by molar-refractivity contribution is 5.97. The van der Waals surface area contributed by atoms with Crippen LogP contribution >= 0.6 is 12.4 Å². The van der Waals surface area contributed by atoms with Gasteiger partial charge in [-0.25, -0.2) is 0 Å². The number of carbonyl (C=O) groups excluding carboxylic acids is 1. The molecule has 0 saturated heterocycles. The minimum Gasteiger partial charge on any atom is -0.352 e. The maximum Gasteiger partial charge on any atom is 0.253 e. The number of carbonyl (C=O) groups is 1. The number of halogens is 1. The van der Waals surface area contributed by atoms with Crippen LogP contribution in [0.5, 0.6) is 0 Å². The van der Waals surface area contributed by atoms with Gasteiger partial charge in [0.1, 0.15) is 6.33 Å². The average Bonchev–Trinajstić information content (AvgIpc) is 2.93. The number of nitrogens with zero attached hydrogens (tertiary/aromatic N) is 4. The van der Waals surface area contributed by atoms with Crippen LogP contribution in [0, 0.1) is 0 Å². The summed E-state index contributed by atoms with van der Waals surface area (Å²) in [5.74, 6) is -0.158. The van der Waals surface area contributed by atoms with Crippen molar-refractivity contribution in [2.24, 2.45) is 5.73 Å². The second kappa shape index (κ2) is 7.45. The summed E-state index contributed by atoms with van der Waals surface area (Å²) in [6.45, 7) is 1.11. The highest BCUT2D eigenvalue weighted by Crippen LogP contribution is 2.12. The van der Waals surface area contributed by atoms with E-state index in [2.05, 4.69) is 20.8 Å². The summed E-state index contributed by atoms with van der Waals surface area (Å²) in [6.07, 6.45) is 2.20. The third-order valence-corrected chi connectivity index (χ3v) is 2.41. The van der Waals surface area contributed by atoms with Gasteiger partial charge in [0.15, 0.2) is 0 Å². The number of para-hydroxylation sites is 1. The van der Waals surface area contributed by atoms with Gasteiger partial charge in [-0.05, 0) is 35.5 Å². The lowest BCUT2D eigenvalue weighted by Crippen LogP contribution is -2.27. The number of nitrogens with two attached hydrogens (primary N) is 1. The molecule has 1 heterocycles. The lowest BCUT2D eigenvalue weighted by Gasteiger charge is -2.08. The van der Waals surface area contributed by atoms with Crippen molar-refractivity contribution in [3.63, 3.8) is 0 Å². The molecule has 19 heavy (non-hydrogen) atoms. The van der Waals surface area contributed by atoms with Gasteiger partial charge in [-0.3, -0.25) is 4.79 Å². The second-order valence-electron chi connectivity index (χ2n) is 3.67. The Kier molecular flexibility index (Phi) is 5.91. The maximum atomic E-state index is 12.0. The minimum atomic E-state index is -0.158. The third-order valence-electron chi connectivity index (χ3n) is 2.41. The van der Waals surface area contributed by atoms with Gasteiger partial charge in [0.25, 0.3) is 5.91 Å². The van der Waals surface area contributed by atoms with E-state index in [-0.39, 0.29) is 18.3 Å². The molecule has 0 unspecified atom stereocenters. The Morgan fingerprint density at radius 3 is 2.84 bits per heavy atom. The normalized spacial score (nSPS) is 9.74. The van der Waals surface area contributed by atoms with Crippen molar-refractivity contribution >= 4 is 18.3 Å². The van der Waals surface area contributed by atoms with Crippen LogP contribution in [0.25, 0.3) is 5.69 Å². The molecule has 1 aromatic heterocycles.